The van der Waals surface area contributed by atoms with Crippen LogP contribution in [-0.2, 0) is 0 Å². The maximum atomic E-state index is 10.1. The molecule has 0 aliphatic carbocycles. The van der Waals surface area contributed by atoms with Crippen LogP contribution in [0.3, 0.4) is 0 Å². The first-order valence-corrected chi connectivity index (χ1v) is 7.80. The molecule has 0 aromatic heterocycles. The van der Waals surface area contributed by atoms with Gasteiger partial charge in [-0.25, -0.2) is 0 Å². The molecule has 104 valence electrons. The summed E-state index contributed by atoms with van der Waals surface area (Å²) in [5, 5.41) is 13.3. The van der Waals surface area contributed by atoms with E-state index < -0.39 is 6.10 Å². The van der Waals surface area contributed by atoms with Crippen molar-refractivity contribution in [3.63, 3.8) is 0 Å². The molecule has 0 bridgehead atoms. The van der Waals surface area contributed by atoms with Crippen molar-refractivity contribution in [3.05, 3.63) is 35.4 Å². The number of nitrogens with one attached hydrogen (secondary N) is 1. The normalized spacial score (nSPS) is 12.4. The van der Waals surface area contributed by atoms with Crippen molar-refractivity contribution in [2.45, 2.75) is 25.9 Å². The van der Waals surface area contributed by atoms with Crippen LogP contribution in [0.4, 0.5) is 0 Å². The van der Waals surface area contributed by atoms with Crippen molar-refractivity contribution in [1.82, 2.24) is 5.32 Å². The molecule has 1 unspecified atom stereocenters. The van der Waals surface area contributed by atoms with E-state index in [0.29, 0.717) is 12.5 Å². The monoisotopic (exact) mass is 277 g/mol. The van der Waals surface area contributed by atoms with Crippen molar-refractivity contribution in [2.75, 3.05) is 24.6 Å². The van der Waals surface area contributed by atoms with Gasteiger partial charge in [0.2, 0.25) is 0 Å². The van der Waals surface area contributed by atoms with Gasteiger partial charge >= 0.3 is 0 Å². The van der Waals surface area contributed by atoms with Crippen LogP contribution in [0.2, 0.25) is 0 Å². The Morgan fingerprint density at radius 2 is 1.89 bits per heavy atom. The van der Waals surface area contributed by atoms with E-state index in [1.165, 1.54) is 5.56 Å². The maximum Gasteiger partial charge on any atom is 0.0914 e. The number of terminal acetylenes is 1. The number of benzene rings is 1. The highest BCUT2D eigenvalue weighted by atomic mass is 32.2. The number of hydrogen-bond acceptors (Lipinski definition) is 3. The fourth-order valence-corrected chi connectivity index (χ4v) is 2.29. The first-order valence-electron chi connectivity index (χ1n) is 6.65. The molecule has 19 heavy (non-hydrogen) atoms. The molecule has 1 aromatic rings. The summed E-state index contributed by atoms with van der Waals surface area (Å²) in [6.45, 7) is 5.78. The van der Waals surface area contributed by atoms with Gasteiger partial charge in [-0.2, -0.15) is 0 Å². The lowest BCUT2D eigenvalue weighted by atomic mass is 10.00. The van der Waals surface area contributed by atoms with Crippen molar-refractivity contribution in [2.24, 2.45) is 0 Å². The second-order valence-electron chi connectivity index (χ2n) is 4.80. The van der Waals surface area contributed by atoms with E-state index in [1.807, 2.05) is 12.1 Å². The third-order valence-electron chi connectivity index (χ3n) is 2.93. The lowest BCUT2D eigenvalue weighted by molar-refractivity contribution is 0.175. The third-order valence-corrected chi connectivity index (χ3v) is 3.80. The minimum atomic E-state index is -0.446. The molecule has 0 amide bonds. The van der Waals surface area contributed by atoms with E-state index in [4.69, 9.17) is 6.42 Å². The van der Waals surface area contributed by atoms with Gasteiger partial charge < -0.3 is 10.4 Å². The second kappa shape index (κ2) is 9.03. The number of aliphatic hydroxyl groups is 1. The molecule has 0 aliphatic rings. The van der Waals surface area contributed by atoms with Crippen LogP contribution in [0.25, 0.3) is 0 Å². The molecule has 0 saturated carbocycles. The average molecular weight is 277 g/mol. The van der Waals surface area contributed by atoms with E-state index in [9.17, 15) is 5.11 Å². The van der Waals surface area contributed by atoms with Crippen molar-refractivity contribution < 1.29 is 5.11 Å². The van der Waals surface area contributed by atoms with Gasteiger partial charge in [-0.05, 0) is 17.0 Å². The number of rotatable bonds is 8. The highest BCUT2D eigenvalue weighted by molar-refractivity contribution is 7.99. The van der Waals surface area contributed by atoms with Crippen LogP contribution < -0.4 is 5.32 Å². The SMILES string of the molecule is C#CCSCCNCC(O)c1ccc(C(C)C)cc1. The number of thioether (sulfide) groups is 1. The second-order valence-corrected chi connectivity index (χ2v) is 5.90. The van der Waals surface area contributed by atoms with E-state index in [1.54, 1.807) is 11.8 Å². The Morgan fingerprint density at radius 1 is 1.26 bits per heavy atom. The van der Waals surface area contributed by atoms with Gasteiger partial charge in [0, 0.05) is 18.8 Å². The van der Waals surface area contributed by atoms with Gasteiger partial charge in [-0.15, -0.1) is 18.2 Å². The Bertz CT molecular complexity index is 394. The van der Waals surface area contributed by atoms with Crippen LogP contribution in [0.15, 0.2) is 24.3 Å². The number of hydrogen-bond donors (Lipinski definition) is 2. The lowest BCUT2D eigenvalue weighted by Gasteiger charge is -2.13. The minimum Gasteiger partial charge on any atom is -0.387 e. The van der Waals surface area contributed by atoms with E-state index in [2.05, 4.69) is 37.2 Å². The number of aliphatic hydroxyl groups excluding tert-OH is 1. The molecule has 2 nitrogen and oxygen atoms in total. The van der Waals surface area contributed by atoms with Crippen LogP contribution in [-0.4, -0.2) is 29.7 Å². The van der Waals surface area contributed by atoms with Crippen molar-refractivity contribution >= 4 is 11.8 Å². The molecule has 1 rings (SSSR count). The summed E-state index contributed by atoms with van der Waals surface area (Å²) in [7, 11) is 0. The molecule has 0 heterocycles. The zero-order chi connectivity index (χ0) is 14.1. The summed E-state index contributed by atoms with van der Waals surface area (Å²) in [4.78, 5) is 0. The van der Waals surface area contributed by atoms with Crippen LogP contribution in [0, 0.1) is 12.3 Å². The van der Waals surface area contributed by atoms with Gasteiger partial charge in [0.25, 0.3) is 0 Å². The summed E-state index contributed by atoms with van der Waals surface area (Å²) in [6, 6.07) is 8.20. The predicted octanol–water partition coefficient (Wildman–Crippen LogP) is 2.80. The maximum absolute atomic E-state index is 10.1. The first kappa shape index (κ1) is 16.1. The Kier molecular flexibility index (Phi) is 7.66. The summed E-state index contributed by atoms with van der Waals surface area (Å²) < 4.78 is 0. The summed E-state index contributed by atoms with van der Waals surface area (Å²) in [5.41, 5.74) is 2.27. The fraction of sp³-hybridized carbons (Fsp3) is 0.500. The smallest absolute Gasteiger partial charge is 0.0914 e. The molecule has 0 aliphatic heterocycles. The fourth-order valence-electron chi connectivity index (χ4n) is 1.74. The molecule has 1 atom stereocenters. The molecule has 2 N–H and O–H groups in total. The molecule has 3 heteroatoms. The van der Waals surface area contributed by atoms with Gasteiger partial charge in [-0.1, -0.05) is 44.0 Å². The van der Waals surface area contributed by atoms with Crippen molar-refractivity contribution in [1.29, 1.82) is 0 Å². The third kappa shape index (κ3) is 6.15. The molecular formula is C16H23NOS. The standard InChI is InChI=1S/C16H23NOS/c1-4-10-19-11-9-17-12-16(18)15-7-5-14(6-8-15)13(2)3/h1,5-8,13,16-18H,9-12H2,2-3H3. The van der Waals surface area contributed by atoms with Gasteiger partial charge in [0.1, 0.15) is 0 Å². The quantitative estimate of drug-likeness (QED) is 0.566. The molecule has 1 aromatic carbocycles. The van der Waals surface area contributed by atoms with Gasteiger partial charge in [-0.3, -0.25) is 0 Å². The lowest BCUT2D eigenvalue weighted by Crippen LogP contribution is -2.23. The summed E-state index contributed by atoms with van der Waals surface area (Å²) >= 11 is 1.73. The molecule has 0 saturated heterocycles. The predicted molar refractivity (Wildman–Crippen MR) is 84.5 cm³/mol. The molecule has 0 fully saturated rings. The zero-order valence-electron chi connectivity index (χ0n) is 11.7. The first-order chi connectivity index (χ1) is 9.15. The summed E-state index contributed by atoms with van der Waals surface area (Å²) in [5.74, 6) is 4.85. The van der Waals surface area contributed by atoms with Crippen molar-refractivity contribution in [3.8, 4) is 12.3 Å². The minimum absolute atomic E-state index is 0.446. The van der Waals surface area contributed by atoms with Crippen LogP contribution >= 0.6 is 11.8 Å². The Morgan fingerprint density at radius 3 is 2.47 bits per heavy atom. The van der Waals surface area contributed by atoms with E-state index in [0.717, 1.165) is 23.6 Å². The van der Waals surface area contributed by atoms with Gasteiger partial charge in [0.15, 0.2) is 0 Å². The average Bonchev–Trinajstić information content (AvgIpc) is 2.42. The van der Waals surface area contributed by atoms with Crippen LogP contribution in [0.1, 0.15) is 37.0 Å². The molecule has 0 spiro atoms. The topological polar surface area (TPSA) is 32.3 Å². The highest BCUT2D eigenvalue weighted by Gasteiger charge is 2.07. The highest BCUT2D eigenvalue weighted by Crippen LogP contribution is 2.18. The Labute approximate surface area is 121 Å². The van der Waals surface area contributed by atoms with E-state index >= 15 is 0 Å². The largest absolute Gasteiger partial charge is 0.387 e. The summed E-state index contributed by atoms with van der Waals surface area (Å²) in [6.07, 6.45) is 4.72. The Hall–Kier alpha value is -0.950. The van der Waals surface area contributed by atoms with Gasteiger partial charge in [0.05, 0.1) is 11.9 Å². The van der Waals surface area contributed by atoms with Crippen LogP contribution in [0.5, 0.6) is 0 Å². The zero-order valence-corrected chi connectivity index (χ0v) is 12.5. The molecule has 0 radical (unpaired) electrons. The van der Waals surface area contributed by atoms with E-state index in [-0.39, 0.29) is 0 Å². The Balaban J connectivity index is 2.29. The molecular weight excluding hydrogens is 254 g/mol.